The van der Waals surface area contributed by atoms with Gasteiger partial charge >= 0.3 is 6.09 Å². The number of carbonyl (C=O) groups is 5. The van der Waals surface area contributed by atoms with Crippen molar-refractivity contribution < 1.29 is 33.6 Å². The summed E-state index contributed by atoms with van der Waals surface area (Å²) in [6.45, 7) is 10.4. The van der Waals surface area contributed by atoms with Gasteiger partial charge in [0.2, 0.25) is 23.6 Å². The minimum Gasteiger partial charge on any atom is -0.445 e. The number of hydrogen-bond donors (Lipinski definition) is 5. The van der Waals surface area contributed by atoms with Gasteiger partial charge in [0, 0.05) is 17.8 Å². The Kier molecular flexibility index (Phi) is 14.6. The van der Waals surface area contributed by atoms with Crippen LogP contribution >= 0.6 is 0 Å². The highest BCUT2D eigenvalue weighted by Crippen LogP contribution is 2.17. The monoisotopic (exact) mass is 640 g/mol. The van der Waals surface area contributed by atoms with E-state index in [1.807, 2.05) is 33.8 Å². The number of carbonyl (C=O) groups excluding carboxylic acids is 5. The van der Waals surface area contributed by atoms with Crippen molar-refractivity contribution in [3.63, 3.8) is 0 Å². The molecular formula is C32H44N6O8. The Labute approximate surface area is 268 Å². The third kappa shape index (κ3) is 12.9. The molecule has 0 radical (unpaired) electrons. The van der Waals surface area contributed by atoms with E-state index in [9.17, 15) is 34.1 Å². The fraction of sp³-hybridized carbons (Fsp3) is 0.469. The largest absolute Gasteiger partial charge is 0.445 e. The minimum atomic E-state index is -1.06. The summed E-state index contributed by atoms with van der Waals surface area (Å²) < 4.78 is 5.13. The summed E-state index contributed by atoms with van der Waals surface area (Å²) in [4.78, 5) is 74.7. The van der Waals surface area contributed by atoms with Gasteiger partial charge in [-0.05, 0) is 56.2 Å². The summed E-state index contributed by atoms with van der Waals surface area (Å²) in [7, 11) is 0. The molecular weight excluding hydrogens is 596 g/mol. The van der Waals surface area contributed by atoms with Gasteiger partial charge in [0.05, 0.1) is 4.92 Å². The van der Waals surface area contributed by atoms with Crippen LogP contribution in [0.2, 0.25) is 0 Å². The Morgan fingerprint density at radius 3 is 1.72 bits per heavy atom. The predicted octanol–water partition coefficient (Wildman–Crippen LogP) is 3.41. The van der Waals surface area contributed by atoms with Crippen LogP contribution in [-0.2, 0) is 30.5 Å². The molecule has 4 atom stereocenters. The number of rotatable bonds is 16. The average molecular weight is 641 g/mol. The van der Waals surface area contributed by atoms with Crippen molar-refractivity contribution in [2.75, 3.05) is 5.32 Å². The standard InChI is InChI=1S/C32H44N6O8/c1-19(2)16-26(30(41)35-24-12-14-25(15-13-24)38(44)45)37-31(42)27(17-20(3)4)36-29(40)21(5)33-28(39)22(6)34-32(43)46-18-23-10-8-7-9-11-23/h7-15,19-22,26-27H,16-18H2,1-6H3,(H,33,39)(H,34,43)(H,35,41)(H,36,40)(H,37,42)/t21-,22-,26-,27-/m0/s1. The van der Waals surface area contributed by atoms with Crippen LogP contribution in [0.25, 0.3) is 0 Å². The average Bonchev–Trinajstić information content (AvgIpc) is 2.99. The van der Waals surface area contributed by atoms with Gasteiger partial charge in [0.1, 0.15) is 30.8 Å². The molecule has 0 saturated heterocycles. The van der Waals surface area contributed by atoms with E-state index >= 15 is 0 Å². The zero-order valence-electron chi connectivity index (χ0n) is 27.0. The lowest BCUT2D eigenvalue weighted by molar-refractivity contribution is -0.384. The van der Waals surface area contributed by atoms with Crippen molar-refractivity contribution in [3.05, 3.63) is 70.3 Å². The van der Waals surface area contributed by atoms with Crippen molar-refractivity contribution in [1.82, 2.24) is 21.3 Å². The second kappa shape index (κ2) is 18.1. The quantitative estimate of drug-likeness (QED) is 0.136. The summed E-state index contributed by atoms with van der Waals surface area (Å²) in [5.74, 6) is -2.36. The first-order chi connectivity index (χ1) is 21.7. The second-order valence-corrected chi connectivity index (χ2v) is 11.8. The molecule has 0 bridgehead atoms. The lowest BCUT2D eigenvalue weighted by Gasteiger charge is -2.26. The second-order valence-electron chi connectivity index (χ2n) is 11.8. The molecule has 0 saturated carbocycles. The molecule has 0 aliphatic carbocycles. The fourth-order valence-corrected chi connectivity index (χ4v) is 4.28. The van der Waals surface area contributed by atoms with Crippen LogP contribution in [0.15, 0.2) is 54.6 Å². The maximum Gasteiger partial charge on any atom is 0.408 e. The van der Waals surface area contributed by atoms with E-state index in [0.717, 1.165) is 5.56 Å². The number of alkyl carbamates (subject to hydrolysis) is 1. The molecule has 14 nitrogen and oxygen atoms in total. The van der Waals surface area contributed by atoms with Gasteiger partial charge in [-0.2, -0.15) is 0 Å². The predicted molar refractivity (Wildman–Crippen MR) is 171 cm³/mol. The molecule has 0 aromatic heterocycles. The number of nitrogens with one attached hydrogen (secondary N) is 5. The van der Waals surface area contributed by atoms with Crippen LogP contribution in [-0.4, -0.2) is 58.8 Å². The van der Waals surface area contributed by atoms with Crippen molar-refractivity contribution in [2.45, 2.75) is 85.2 Å². The van der Waals surface area contributed by atoms with Gasteiger partial charge < -0.3 is 31.3 Å². The molecule has 250 valence electrons. The van der Waals surface area contributed by atoms with Crippen molar-refractivity contribution in [3.8, 4) is 0 Å². The summed E-state index contributed by atoms with van der Waals surface area (Å²) >= 11 is 0. The molecule has 0 heterocycles. The first-order valence-electron chi connectivity index (χ1n) is 15.1. The highest BCUT2D eigenvalue weighted by atomic mass is 16.6. The third-order valence-corrected chi connectivity index (χ3v) is 6.72. The molecule has 46 heavy (non-hydrogen) atoms. The van der Waals surface area contributed by atoms with Gasteiger partial charge in [-0.1, -0.05) is 58.0 Å². The molecule has 2 rings (SSSR count). The van der Waals surface area contributed by atoms with E-state index in [-0.39, 0.29) is 37.0 Å². The maximum absolute atomic E-state index is 13.4. The van der Waals surface area contributed by atoms with Gasteiger partial charge in [0.15, 0.2) is 0 Å². The van der Waals surface area contributed by atoms with Crippen LogP contribution in [0.4, 0.5) is 16.2 Å². The molecule has 2 aromatic rings. The maximum atomic E-state index is 13.4. The summed E-state index contributed by atoms with van der Waals surface area (Å²) in [5, 5.41) is 23.9. The Balaban J connectivity index is 1.99. The topological polar surface area (TPSA) is 198 Å². The molecule has 0 fully saturated rings. The minimum absolute atomic E-state index is 0.00967. The van der Waals surface area contributed by atoms with Gasteiger partial charge in [-0.25, -0.2) is 4.79 Å². The summed E-state index contributed by atoms with van der Waals surface area (Å²) in [6.07, 6.45) is -0.259. The molecule has 5 N–H and O–H groups in total. The molecule has 14 heteroatoms. The van der Waals surface area contributed by atoms with E-state index < -0.39 is 58.8 Å². The van der Waals surface area contributed by atoms with E-state index in [1.54, 1.807) is 24.3 Å². The first kappa shape index (κ1) is 37.2. The molecule has 2 aromatic carbocycles. The lowest BCUT2D eigenvalue weighted by atomic mass is 9.99. The number of nitro groups is 1. The highest BCUT2D eigenvalue weighted by molar-refractivity contribution is 5.99. The van der Waals surface area contributed by atoms with E-state index in [1.165, 1.54) is 38.1 Å². The number of hydrogen-bond acceptors (Lipinski definition) is 8. The van der Waals surface area contributed by atoms with Gasteiger partial charge in [-0.3, -0.25) is 29.3 Å². The highest BCUT2D eigenvalue weighted by Gasteiger charge is 2.30. The van der Waals surface area contributed by atoms with Gasteiger partial charge in [-0.15, -0.1) is 0 Å². The molecule has 0 aliphatic rings. The summed E-state index contributed by atoms with van der Waals surface area (Å²) in [6, 6.07) is 10.3. The number of benzene rings is 2. The number of non-ortho nitro benzene ring substituents is 1. The van der Waals surface area contributed by atoms with Crippen LogP contribution in [0, 0.1) is 22.0 Å². The normalized spacial score (nSPS) is 13.5. The fourth-order valence-electron chi connectivity index (χ4n) is 4.28. The number of nitrogens with zero attached hydrogens (tertiary/aromatic N) is 1. The van der Waals surface area contributed by atoms with Gasteiger partial charge in [0.25, 0.3) is 5.69 Å². The first-order valence-corrected chi connectivity index (χ1v) is 15.1. The van der Waals surface area contributed by atoms with E-state index in [4.69, 9.17) is 4.74 Å². The molecule has 5 amide bonds. The van der Waals surface area contributed by atoms with Crippen LogP contribution in [0.5, 0.6) is 0 Å². The number of ether oxygens (including phenoxy) is 1. The summed E-state index contributed by atoms with van der Waals surface area (Å²) in [5.41, 5.74) is 0.971. The van der Waals surface area contributed by atoms with Crippen molar-refractivity contribution in [2.24, 2.45) is 11.8 Å². The molecule has 0 aliphatic heterocycles. The number of amides is 5. The van der Waals surface area contributed by atoms with Crippen LogP contribution < -0.4 is 26.6 Å². The Morgan fingerprint density at radius 2 is 1.17 bits per heavy atom. The zero-order chi connectivity index (χ0) is 34.4. The Bertz CT molecular complexity index is 1350. The lowest BCUT2D eigenvalue weighted by Crippen LogP contribution is -2.57. The smallest absolute Gasteiger partial charge is 0.408 e. The van der Waals surface area contributed by atoms with Crippen molar-refractivity contribution in [1.29, 1.82) is 0 Å². The Morgan fingerprint density at radius 1 is 0.674 bits per heavy atom. The van der Waals surface area contributed by atoms with Crippen LogP contribution in [0.1, 0.15) is 59.9 Å². The molecule has 0 spiro atoms. The number of anilines is 1. The SMILES string of the molecule is CC(C)C[C@H](NC(=O)[C@H](C)NC(=O)[C@H](C)NC(=O)OCc1ccccc1)C(=O)N[C@@H](CC(C)C)C(=O)Nc1ccc([N+](=O)[O-])cc1. The van der Waals surface area contributed by atoms with Crippen molar-refractivity contribution >= 4 is 41.1 Å². The number of nitro benzene ring substituents is 1. The zero-order valence-corrected chi connectivity index (χ0v) is 27.0. The van der Waals surface area contributed by atoms with E-state index in [2.05, 4.69) is 26.6 Å². The third-order valence-electron chi connectivity index (χ3n) is 6.72. The molecule has 0 unspecified atom stereocenters. The Hall–Kier alpha value is -5.01. The van der Waals surface area contributed by atoms with E-state index in [0.29, 0.717) is 5.69 Å². The van der Waals surface area contributed by atoms with Crippen LogP contribution in [0.3, 0.4) is 0 Å².